The molecular formula is C23H40Br6N2NiOSi. The first-order valence-corrected chi connectivity index (χ1v) is 23.9. The normalized spacial score (nSPS) is 35.6. The second-order valence-electron chi connectivity index (χ2n) is 10.6. The van der Waals surface area contributed by atoms with E-state index >= 15 is 0 Å². The van der Waals surface area contributed by atoms with Crippen molar-refractivity contribution < 1.29 is 15.3 Å². The molecule has 2 aliphatic carbocycles. The molecule has 11 heteroatoms. The minimum atomic E-state index is -1.49. The molecule has 0 bridgehead atoms. The number of nitrogens with zero attached hydrogens (tertiary/aromatic N) is 2. The van der Waals surface area contributed by atoms with Crippen LogP contribution in [0.5, 0.6) is 0 Å². The number of rotatable bonds is 8. The summed E-state index contributed by atoms with van der Waals surface area (Å²) in [5.74, 6) is 1.44. The van der Waals surface area contributed by atoms with E-state index in [9.17, 15) is 0 Å². The van der Waals surface area contributed by atoms with E-state index in [1.807, 2.05) is 0 Å². The SMILES string of the molecule is CC(=NC1C(Br)CC(C)CC1Br)C(CCCO[Si](C)(C)C)=NC1C(Br)CC(C)CC1Br.[Br][Ni][Br]. The molecule has 0 aromatic rings. The van der Waals surface area contributed by atoms with Crippen molar-refractivity contribution >= 4 is 112 Å². The van der Waals surface area contributed by atoms with Gasteiger partial charge in [-0.05, 0) is 76.9 Å². The Balaban J connectivity index is 0.00000182. The maximum absolute atomic E-state index is 6.11. The molecular weight excluding hydrogens is 886 g/mol. The number of halogens is 6. The molecule has 0 N–H and O–H groups in total. The molecule has 204 valence electrons. The molecule has 0 aliphatic heterocycles. The maximum atomic E-state index is 6.11. The summed E-state index contributed by atoms with van der Waals surface area (Å²) >= 11 is 21.7. The van der Waals surface area contributed by atoms with Crippen LogP contribution in [-0.4, -0.2) is 57.7 Å². The molecule has 0 aromatic heterocycles. The molecule has 0 amide bonds. The Kier molecular flexibility index (Phi) is 18.0. The summed E-state index contributed by atoms with van der Waals surface area (Å²) in [5, 5.41) is 0. The first-order chi connectivity index (χ1) is 15.8. The first-order valence-electron chi connectivity index (χ1n) is 11.9. The Morgan fingerprint density at radius 2 is 1.21 bits per heavy atom. The fourth-order valence-corrected chi connectivity index (χ4v) is 10.6. The number of hydrogen-bond donors (Lipinski definition) is 0. The average molecular weight is 927 g/mol. The Labute approximate surface area is 263 Å². The van der Waals surface area contributed by atoms with E-state index in [-0.39, 0.29) is 12.1 Å². The Morgan fingerprint density at radius 1 is 0.824 bits per heavy atom. The van der Waals surface area contributed by atoms with Crippen LogP contribution in [0.2, 0.25) is 19.6 Å². The summed E-state index contributed by atoms with van der Waals surface area (Å²) in [6.07, 6.45) is 6.61. The van der Waals surface area contributed by atoms with E-state index in [2.05, 4.69) is 133 Å². The van der Waals surface area contributed by atoms with Crippen LogP contribution in [0.4, 0.5) is 0 Å². The summed E-state index contributed by atoms with van der Waals surface area (Å²) in [6.45, 7) is 14.4. The van der Waals surface area contributed by atoms with Crippen molar-refractivity contribution in [3.05, 3.63) is 0 Å². The number of alkyl halides is 4. The van der Waals surface area contributed by atoms with Crippen molar-refractivity contribution in [2.24, 2.45) is 21.8 Å². The minimum absolute atomic E-state index is 0.250. The Morgan fingerprint density at radius 3 is 1.59 bits per heavy atom. The fourth-order valence-electron chi connectivity index (χ4n) is 4.50. The van der Waals surface area contributed by atoms with Gasteiger partial charge in [0, 0.05) is 25.9 Å². The molecule has 2 fully saturated rings. The summed E-state index contributed by atoms with van der Waals surface area (Å²) in [5.41, 5.74) is 2.25. The number of aliphatic imine (C=N–C) groups is 2. The summed E-state index contributed by atoms with van der Waals surface area (Å²) in [6, 6.07) is 0.505. The van der Waals surface area contributed by atoms with Gasteiger partial charge >= 0.3 is 39.3 Å². The van der Waals surface area contributed by atoms with E-state index in [0.29, 0.717) is 19.3 Å². The molecule has 0 saturated heterocycles. The van der Waals surface area contributed by atoms with Crippen LogP contribution >= 0.6 is 92.2 Å². The topological polar surface area (TPSA) is 34.0 Å². The van der Waals surface area contributed by atoms with Crippen LogP contribution in [0.1, 0.15) is 59.3 Å². The molecule has 34 heavy (non-hydrogen) atoms. The second-order valence-corrected chi connectivity index (χ2v) is 24.8. The van der Waals surface area contributed by atoms with Crippen molar-refractivity contribution in [2.45, 2.75) is 110 Å². The van der Waals surface area contributed by atoms with Gasteiger partial charge < -0.3 is 4.43 Å². The zero-order valence-corrected chi connectivity index (χ0v) is 32.5. The van der Waals surface area contributed by atoms with Gasteiger partial charge in [0.15, 0.2) is 8.32 Å². The van der Waals surface area contributed by atoms with Crippen molar-refractivity contribution in [3.8, 4) is 0 Å². The van der Waals surface area contributed by atoms with Gasteiger partial charge in [0.1, 0.15) is 0 Å². The molecule has 0 heterocycles. The predicted molar refractivity (Wildman–Crippen MR) is 172 cm³/mol. The fraction of sp³-hybridized carbons (Fsp3) is 0.913. The molecule has 2 aliphatic rings. The van der Waals surface area contributed by atoms with E-state index in [0.717, 1.165) is 42.7 Å². The van der Waals surface area contributed by atoms with E-state index in [1.165, 1.54) is 36.6 Å². The van der Waals surface area contributed by atoms with Crippen molar-refractivity contribution in [1.29, 1.82) is 0 Å². The van der Waals surface area contributed by atoms with Crippen molar-refractivity contribution in [3.63, 3.8) is 0 Å². The monoisotopic (exact) mass is 920 g/mol. The Bertz CT molecular complexity index is 642. The van der Waals surface area contributed by atoms with Gasteiger partial charge in [-0.3, -0.25) is 9.98 Å². The molecule has 4 unspecified atom stereocenters. The van der Waals surface area contributed by atoms with Gasteiger partial charge in [0.25, 0.3) is 0 Å². The van der Waals surface area contributed by atoms with Gasteiger partial charge in [0.05, 0.1) is 23.5 Å². The Hall–Kier alpha value is 2.89. The van der Waals surface area contributed by atoms with Crippen LogP contribution in [0, 0.1) is 11.8 Å². The molecule has 0 aromatic carbocycles. The van der Waals surface area contributed by atoms with Crippen molar-refractivity contribution in [1.82, 2.24) is 0 Å². The van der Waals surface area contributed by atoms with Gasteiger partial charge in [-0.15, -0.1) is 0 Å². The van der Waals surface area contributed by atoms with Crippen LogP contribution in [0.3, 0.4) is 0 Å². The third-order valence-corrected chi connectivity index (χ3v) is 10.9. The summed E-state index contributed by atoms with van der Waals surface area (Å²) < 4.78 is 6.11. The zero-order valence-electron chi connectivity index (χ0n) is 21.0. The van der Waals surface area contributed by atoms with Crippen LogP contribution in [0.15, 0.2) is 9.98 Å². The van der Waals surface area contributed by atoms with E-state index in [1.54, 1.807) is 0 Å². The first kappa shape index (κ1) is 34.9. The quantitative estimate of drug-likeness (QED) is 0.103. The third kappa shape index (κ3) is 13.3. The van der Waals surface area contributed by atoms with Crippen LogP contribution in [-0.2, 0) is 15.3 Å². The second kappa shape index (κ2) is 17.6. The molecule has 2 saturated carbocycles. The predicted octanol–water partition coefficient (Wildman–Crippen LogP) is 9.86. The van der Waals surface area contributed by atoms with E-state index < -0.39 is 8.32 Å². The van der Waals surface area contributed by atoms with Gasteiger partial charge in [-0.1, -0.05) is 77.6 Å². The molecule has 2 rings (SSSR count). The van der Waals surface area contributed by atoms with Crippen molar-refractivity contribution in [2.75, 3.05) is 6.61 Å². The number of hydrogen-bond acceptors (Lipinski definition) is 3. The van der Waals surface area contributed by atoms with Crippen LogP contribution < -0.4 is 0 Å². The van der Waals surface area contributed by atoms with Gasteiger partial charge in [-0.2, -0.15) is 0 Å². The standard InChI is InChI=1S/C23H40Br4N2OSi.2BrH.Ni/c1-14-10-17(24)22(18(25)11-14)28-16(3)21(8-7-9-30-31(4,5)6)29-23-19(26)12-15(2)13-20(23)27;;;/h14-15,17-20,22-23H,7-13H2,1-6H3;2*1H;/q;;;+2/p-2. The van der Waals surface area contributed by atoms with Gasteiger partial charge in [0.2, 0.25) is 0 Å². The molecule has 0 spiro atoms. The zero-order chi connectivity index (χ0) is 26.1. The van der Waals surface area contributed by atoms with Crippen LogP contribution in [0.25, 0.3) is 0 Å². The van der Waals surface area contributed by atoms with Gasteiger partial charge in [-0.25, -0.2) is 0 Å². The summed E-state index contributed by atoms with van der Waals surface area (Å²) in [7, 11) is -0.236. The average Bonchev–Trinajstić information content (AvgIpc) is 2.68. The molecule has 0 radical (unpaired) electrons. The molecule has 4 atom stereocenters. The molecule has 3 nitrogen and oxygen atoms in total. The third-order valence-electron chi connectivity index (χ3n) is 6.15. The summed E-state index contributed by atoms with van der Waals surface area (Å²) in [4.78, 5) is 12.2. The van der Waals surface area contributed by atoms with E-state index in [4.69, 9.17) is 14.4 Å².